The van der Waals surface area contributed by atoms with Gasteiger partial charge in [0, 0.05) is 12.8 Å². The van der Waals surface area contributed by atoms with E-state index in [1.807, 2.05) is 21.1 Å². The van der Waals surface area contributed by atoms with Crippen LogP contribution in [0.2, 0.25) is 0 Å². The van der Waals surface area contributed by atoms with Crippen LogP contribution in [0.5, 0.6) is 0 Å². The molecule has 0 saturated carbocycles. The Morgan fingerprint density at radius 2 is 1.02 bits per heavy atom. The molecule has 0 heterocycles. The fraction of sp³-hybridized carbons (Fsp3) is 0.767. The van der Waals surface area contributed by atoms with Crippen LogP contribution in [0.4, 0.5) is 0 Å². The number of esters is 2. The van der Waals surface area contributed by atoms with Crippen molar-refractivity contribution in [3.63, 3.8) is 0 Å². The summed E-state index contributed by atoms with van der Waals surface area (Å²) >= 11 is 0. The molecule has 0 aliphatic heterocycles. The maximum Gasteiger partial charge on any atom is 0.475 e. The number of carbonyl (C=O) groups excluding carboxylic acids is 2. The molecule has 0 spiro atoms. The number of hydrogen-bond acceptors (Lipinski definition) is 7. The van der Waals surface area contributed by atoms with Crippen molar-refractivity contribution in [2.45, 2.75) is 174 Å². The van der Waals surface area contributed by atoms with E-state index < -0.39 is 32.7 Å². The Hall–Kier alpha value is -2.03. The van der Waals surface area contributed by atoms with E-state index in [9.17, 15) is 19.0 Å². The van der Waals surface area contributed by atoms with Gasteiger partial charge in [0.2, 0.25) is 6.29 Å². The van der Waals surface area contributed by atoms with Crippen LogP contribution >= 0.6 is 7.82 Å². The van der Waals surface area contributed by atoms with E-state index in [-0.39, 0.29) is 19.4 Å². The molecule has 53 heavy (non-hydrogen) atoms. The SMILES string of the molecule is CCCCC/C=C\C/C=C\CCCCCCCC(=O)OC[C@@H](OC(=O)CCCCCCC/C=C\C/C=C\CCCCC)OP(=O)(O)OCC[N+](C)(C)C. The summed E-state index contributed by atoms with van der Waals surface area (Å²) in [6.45, 7) is 4.40. The van der Waals surface area contributed by atoms with E-state index in [4.69, 9.17) is 18.5 Å². The summed E-state index contributed by atoms with van der Waals surface area (Å²) in [6, 6.07) is 0. The van der Waals surface area contributed by atoms with Crippen LogP contribution in [0.25, 0.3) is 0 Å². The first-order valence-electron chi connectivity index (χ1n) is 20.9. The van der Waals surface area contributed by atoms with Gasteiger partial charge in [-0.3, -0.25) is 14.1 Å². The van der Waals surface area contributed by atoms with Crippen LogP contribution in [0.3, 0.4) is 0 Å². The molecule has 0 fully saturated rings. The number of carbonyl (C=O) groups is 2. The first-order valence-corrected chi connectivity index (χ1v) is 22.4. The Labute approximate surface area is 324 Å². The molecule has 2 atom stereocenters. The first kappa shape index (κ1) is 51.0. The molecule has 0 bridgehead atoms. The maximum absolute atomic E-state index is 12.6. The standard InChI is InChI=1S/C43H78NO8P/c1-6-8-10-12-14-16-18-20-22-24-26-28-30-32-34-36-41(45)49-40-43(52-53(47,48)50-39-38-44(3,4)5)51-42(46)37-35-33-31-29-27-25-23-21-19-17-15-13-11-9-7-2/h14-17,20-23,43H,6-13,18-19,24-40H2,1-5H3/p+1/b16-14-,17-15-,22-20-,23-21-/t43-/m0/s1. The smallest absolute Gasteiger partial charge is 0.459 e. The largest absolute Gasteiger partial charge is 0.475 e. The number of phosphoric acid groups is 1. The van der Waals surface area contributed by atoms with E-state index in [1.54, 1.807) is 0 Å². The van der Waals surface area contributed by atoms with E-state index in [0.29, 0.717) is 23.9 Å². The van der Waals surface area contributed by atoms with Crippen molar-refractivity contribution in [3.8, 4) is 0 Å². The average Bonchev–Trinajstić information content (AvgIpc) is 3.09. The zero-order valence-corrected chi connectivity index (χ0v) is 35.4. The molecule has 0 aromatic rings. The summed E-state index contributed by atoms with van der Waals surface area (Å²) < 4.78 is 34.1. The number of likely N-dealkylation sites (N-methyl/N-ethyl adjacent to an activating group) is 1. The summed E-state index contributed by atoms with van der Waals surface area (Å²) in [5, 5.41) is 0. The number of hydrogen-bond donors (Lipinski definition) is 1. The zero-order chi connectivity index (χ0) is 39.3. The van der Waals surface area contributed by atoms with E-state index >= 15 is 0 Å². The molecule has 1 unspecified atom stereocenters. The molecule has 0 aromatic heterocycles. The lowest BCUT2D eigenvalue weighted by Gasteiger charge is -2.25. The highest BCUT2D eigenvalue weighted by Gasteiger charge is 2.31. The van der Waals surface area contributed by atoms with Crippen LogP contribution in [-0.4, -0.2) is 68.5 Å². The monoisotopic (exact) mass is 769 g/mol. The quantitative estimate of drug-likeness (QED) is 0.0166. The third-order valence-electron chi connectivity index (χ3n) is 8.57. The molecule has 0 aliphatic rings. The number of phosphoric ester groups is 1. The summed E-state index contributed by atoms with van der Waals surface area (Å²) in [4.78, 5) is 35.3. The summed E-state index contributed by atoms with van der Waals surface area (Å²) in [5.74, 6) is -1.04. The van der Waals surface area contributed by atoms with Crippen LogP contribution in [-0.2, 0) is 32.7 Å². The number of allylic oxidation sites excluding steroid dienone is 8. The molecule has 0 amide bonds. The number of rotatable bonds is 37. The highest BCUT2D eigenvalue weighted by atomic mass is 31.2. The van der Waals surface area contributed by atoms with Crippen molar-refractivity contribution in [2.24, 2.45) is 0 Å². The van der Waals surface area contributed by atoms with Gasteiger partial charge in [0.1, 0.15) is 13.2 Å². The molecule has 9 nitrogen and oxygen atoms in total. The molecule has 0 radical (unpaired) electrons. The summed E-state index contributed by atoms with van der Waals surface area (Å²) in [5.41, 5.74) is 0. The Kier molecular flexibility index (Phi) is 34.3. The van der Waals surface area contributed by atoms with Gasteiger partial charge in [-0.2, -0.15) is 0 Å². The topological polar surface area (TPSA) is 108 Å². The minimum atomic E-state index is -4.56. The molecule has 0 aliphatic carbocycles. The lowest BCUT2D eigenvalue weighted by Crippen LogP contribution is -2.37. The Morgan fingerprint density at radius 3 is 1.47 bits per heavy atom. The van der Waals surface area contributed by atoms with Crippen molar-refractivity contribution in [2.75, 3.05) is 40.9 Å². The van der Waals surface area contributed by atoms with Crippen molar-refractivity contribution < 1.29 is 42.1 Å². The van der Waals surface area contributed by atoms with Gasteiger partial charge in [-0.25, -0.2) is 9.09 Å². The van der Waals surface area contributed by atoms with E-state index in [2.05, 4.69) is 62.5 Å². The average molecular weight is 769 g/mol. The lowest BCUT2D eigenvalue weighted by atomic mass is 10.1. The predicted octanol–water partition coefficient (Wildman–Crippen LogP) is 11.9. The summed E-state index contributed by atoms with van der Waals surface area (Å²) in [6.07, 6.45) is 40.5. The van der Waals surface area contributed by atoms with Crippen LogP contribution < -0.4 is 0 Å². The fourth-order valence-electron chi connectivity index (χ4n) is 5.30. The van der Waals surface area contributed by atoms with Crippen LogP contribution in [0.1, 0.15) is 168 Å². The molecular weight excluding hydrogens is 689 g/mol. The zero-order valence-electron chi connectivity index (χ0n) is 34.5. The van der Waals surface area contributed by atoms with Gasteiger partial charge < -0.3 is 18.9 Å². The first-order chi connectivity index (χ1) is 25.5. The Bertz CT molecular complexity index is 1050. The van der Waals surface area contributed by atoms with Crippen LogP contribution in [0.15, 0.2) is 48.6 Å². The highest BCUT2D eigenvalue weighted by molar-refractivity contribution is 7.47. The maximum atomic E-state index is 12.6. The molecule has 10 heteroatoms. The number of quaternary nitrogens is 1. The summed E-state index contributed by atoms with van der Waals surface area (Å²) in [7, 11) is 1.22. The van der Waals surface area contributed by atoms with Crippen LogP contribution in [0, 0.1) is 0 Å². The van der Waals surface area contributed by atoms with Gasteiger partial charge in [0.25, 0.3) is 0 Å². The van der Waals surface area contributed by atoms with E-state index in [0.717, 1.165) is 77.0 Å². The predicted molar refractivity (Wildman–Crippen MR) is 219 cm³/mol. The minimum absolute atomic E-state index is 0.0312. The highest BCUT2D eigenvalue weighted by Crippen LogP contribution is 2.44. The van der Waals surface area contributed by atoms with Crippen molar-refractivity contribution in [1.29, 1.82) is 0 Å². The van der Waals surface area contributed by atoms with E-state index in [1.165, 1.54) is 51.4 Å². The van der Waals surface area contributed by atoms with Gasteiger partial charge in [-0.15, -0.1) is 0 Å². The number of nitrogens with zero attached hydrogens (tertiary/aromatic N) is 1. The second-order valence-corrected chi connectivity index (χ2v) is 16.4. The molecule has 1 N–H and O–H groups in total. The number of unbranched alkanes of at least 4 members (excludes halogenated alkanes) is 16. The lowest BCUT2D eigenvalue weighted by molar-refractivity contribution is -0.870. The van der Waals surface area contributed by atoms with Gasteiger partial charge in [-0.1, -0.05) is 127 Å². The van der Waals surface area contributed by atoms with Crippen molar-refractivity contribution in [1.82, 2.24) is 0 Å². The molecule has 0 saturated heterocycles. The third-order valence-corrected chi connectivity index (χ3v) is 9.58. The van der Waals surface area contributed by atoms with Gasteiger partial charge >= 0.3 is 19.8 Å². The normalized spacial score (nSPS) is 14.2. The van der Waals surface area contributed by atoms with Crippen molar-refractivity contribution >= 4 is 19.8 Å². The van der Waals surface area contributed by atoms with Gasteiger partial charge in [0.15, 0.2) is 6.61 Å². The van der Waals surface area contributed by atoms with Gasteiger partial charge in [0.05, 0.1) is 21.1 Å². The molecule has 308 valence electrons. The fourth-order valence-corrected chi connectivity index (χ4v) is 6.07. The second kappa shape index (κ2) is 35.7. The number of ether oxygens (including phenoxy) is 2. The second-order valence-electron chi connectivity index (χ2n) is 15.0. The van der Waals surface area contributed by atoms with Crippen molar-refractivity contribution in [3.05, 3.63) is 48.6 Å². The Morgan fingerprint density at radius 1 is 0.604 bits per heavy atom. The third kappa shape index (κ3) is 39.5. The molecular formula is C43H79NO8P+. The molecule has 0 rings (SSSR count). The molecule has 0 aromatic carbocycles. The minimum Gasteiger partial charge on any atom is -0.459 e. The Balaban J connectivity index is 4.42. The van der Waals surface area contributed by atoms with Gasteiger partial charge in [-0.05, 0) is 77.0 Å².